The van der Waals surface area contributed by atoms with Crippen LogP contribution < -0.4 is 0 Å². The molecule has 0 amide bonds. The zero-order chi connectivity index (χ0) is 65.8. The highest BCUT2D eigenvalue weighted by Gasteiger charge is 2.07. The van der Waals surface area contributed by atoms with Crippen LogP contribution in [0.15, 0.2) is 279 Å². The van der Waals surface area contributed by atoms with E-state index in [9.17, 15) is 0 Å². The van der Waals surface area contributed by atoms with E-state index in [0.29, 0.717) is 0 Å². The molecular formula is C92H94. The van der Waals surface area contributed by atoms with Crippen LogP contribution in [0, 0.1) is 111 Å². The van der Waals surface area contributed by atoms with Crippen LogP contribution in [-0.4, -0.2) is 0 Å². The van der Waals surface area contributed by atoms with Gasteiger partial charge in [0.2, 0.25) is 0 Å². The van der Waals surface area contributed by atoms with E-state index < -0.39 is 0 Å². The predicted octanol–water partition coefficient (Wildman–Crippen LogP) is 26.5. The fourth-order valence-corrected chi connectivity index (χ4v) is 11.6. The fourth-order valence-electron chi connectivity index (χ4n) is 11.6. The van der Waals surface area contributed by atoms with Crippen molar-refractivity contribution in [2.45, 2.75) is 111 Å². The van der Waals surface area contributed by atoms with Crippen molar-refractivity contribution in [3.8, 4) is 0 Å². The third kappa shape index (κ3) is 18.8. The van der Waals surface area contributed by atoms with Gasteiger partial charge in [0.1, 0.15) is 0 Å². The zero-order valence-corrected chi connectivity index (χ0v) is 57.6. The number of hydrogen-bond donors (Lipinski definition) is 0. The van der Waals surface area contributed by atoms with Crippen LogP contribution in [0.1, 0.15) is 89.0 Å². The molecule has 0 nitrogen and oxygen atoms in total. The van der Waals surface area contributed by atoms with E-state index in [1.807, 2.05) is 0 Å². The van der Waals surface area contributed by atoms with E-state index >= 15 is 0 Å². The van der Waals surface area contributed by atoms with E-state index in [4.69, 9.17) is 0 Å². The summed E-state index contributed by atoms with van der Waals surface area (Å²) in [5, 5.41) is 19.0. The molecule has 0 aliphatic rings. The second-order valence-electron chi connectivity index (χ2n) is 25.1. The van der Waals surface area contributed by atoms with Gasteiger partial charge in [-0.3, -0.25) is 0 Å². The lowest BCUT2D eigenvalue weighted by Gasteiger charge is -2.11. The van der Waals surface area contributed by atoms with Crippen molar-refractivity contribution in [1.29, 1.82) is 0 Å². The quantitative estimate of drug-likeness (QED) is 0.133. The number of rotatable bonds is 0. The number of hydrogen-bond acceptors (Lipinski definition) is 0. The molecule has 0 spiro atoms. The lowest BCUT2D eigenvalue weighted by Crippen LogP contribution is -1.87. The van der Waals surface area contributed by atoms with Gasteiger partial charge in [-0.2, -0.15) is 0 Å². The summed E-state index contributed by atoms with van der Waals surface area (Å²) in [5.41, 5.74) is 21.6. The Kier molecular flexibility index (Phi) is 24.2. The summed E-state index contributed by atoms with van der Waals surface area (Å²) in [6, 6.07) is 99.3. The van der Waals surface area contributed by atoms with Crippen LogP contribution >= 0.6 is 0 Å². The summed E-state index contributed by atoms with van der Waals surface area (Å²) in [5.74, 6) is 0. The van der Waals surface area contributed by atoms with Gasteiger partial charge in [0, 0.05) is 0 Å². The molecule has 0 saturated heterocycles. The first kappa shape index (κ1) is 68.0. The Balaban J connectivity index is 0.000000137. The van der Waals surface area contributed by atoms with Gasteiger partial charge in [-0.25, -0.2) is 0 Å². The Hall–Kier alpha value is -9.88. The first-order valence-corrected chi connectivity index (χ1v) is 32.5. The molecule has 0 unspecified atom stereocenters. The number of aryl methyl sites for hydroxylation is 16. The van der Waals surface area contributed by atoms with E-state index in [-0.39, 0.29) is 0 Å². The molecule has 0 heterocycles. The van der Waals surface area contributed by atoms with Crippen LogP contribution in [0.5, 0.6) is 0 Å². The van der Waals surface area contributed by atoms with Gasteiger partial charge in [-0.15, -0.1) is 0 Å². The van der Waals surface area contributed by atoms with Crippen molar-refractivity contribution in [2.24, 2.45) is 0 Å². The van der Waals surface area contributed by atoms with Gasteiger partial charge in [0.15, 0.2) is 0 Å². The standard InChI is InChI=1S/2C16H14.3C12H12.3C8H10/c1-11-3-5-13-10-16-8-12(2)4-6-14(16)9-15(13)7-11;1-11-13-7-3-5-9-15(13)12(2)16-10-6-4-8-14(11)16;1-9-3-5-12-8-10(2)4-6-11(12)7-9;1-9-5-3-8-12-10(2)6-4-7-11(9)12;1-9-7-8-10(2)12-6-4-3-5-11(9)12;1-7-3-5-8(2)6-4-7;1-7-4-3-5-8(2)6-7;1-7-5-3-4-6-8(7)2/h2*3-10H,1-2H3;3*3-8H,1-2H3;3*3-6H,1-2H3. The summed E-state index contributed by atoms with van der Waals surface area (Å²) >= 11 is 0. The highest BCUT2D eigenvalue weighted by atomic mass is 14.1. The molecule has 0 atom stereocenters. The van der Waals surface area contributed by atoms with Gasteiger partial charge < -0.3 is 0 Å². The first-order valence-electron chi connectivity index (χ1n) is 32.5. The molecule has 0 bridgehead atoms. The third-order valence-corrected chi connectivity index (χ3v) is 17.3. The third-order valence-electron chi connectivity index (χ3n) is 17.3. The summed E-state index contributed by atoms with van der Waals surface area (Å²) < 4.78 is 0. The SMILES string of the molecule is Cc1c2ccccc2c(C)c2ccccc12.Cc1ccc(C)c2ccccc12.Cc1ccc(C)cc1.Cc1ccc2cc(C)ccc2c1.Cc1ccc2cc3cc(C)ccc3cc2c1.Cc1cccc(C)c1.Cc1cccc2c(C)cccc12.Cc1ccccc1C. The van der Waals surface area contributed by atoms with Crippen LogP contribution in [0.2, 0.25) is 0 Å². The van der Waals surface area contributed by atoms with Gasteiger partial charge in [0.05, 0.1) is 0 Å². The van der Waals surface area contributed by atoms with Crippen molar-refractivity contribution >= 4 is 75.4 Å². The summed E-state index contributed by atoms with van der Waals surface area (Å²) in [7, 11) is 0. The maximum Gasteiger partial charge on any atom is -0.0146 e. The molecule has 0 aromatic heterocycles. The monoisotopic (exact) mass is 1200 g/mol. The zero-order valence-electron chi connectivity index (χ0n) is 57.6. The molecule has 0 fully saturated rings. The van der Waals surface area contributed by atoms with Gasteiger partial charge in [-0.05, 0) is 243 Å². The maximum atomic E-state index is 2.27. The minimum atomic E-state index is 1.32. The van der Waals surface area contributed by atoms with Crippen LogP contribution in [-0.2, 0) is 0 Å². The molecule has 92 heavy (non-hydrogen) atoms. The summed E-state index contributed by atoms with van der Waals surface area (Å²) in [4.78, 5) is 0. The topological polar surface area (TPSA) is 0 Å². The molecule has 0 aliphatic heterocycles. The molecular weight excluding hydrogens is 1110 g/mol. The van der Waals surface area contributed by atoms with Crippen molar-refractivity contribution in [3.63, 3.8) is 0 Å². The fraction of sp³-hybridized carbons (Fsp3) is 0.174. The minimum absolute atomic E-state index is 1.32. The first-order chi connectivity index (χ1) is 44.2. The van der Waals surface area contributed by atoms with Crippen molar-refractivity contribution in [1.82, 2.24) is 0 Å². The second-order valence-corrected chi connectivity index (χ2v) is 25.1. The molecule has 15 aromatic carbocycles. The summed E-state index contributed by atoms with van der Waals surface area (Å²) in [6.45, 7) is 34.2. The molecule has 15 rings (SSSR count). The Bertz CT molecular complexity index is 4520. The van der Waals surface area contributed by atoms with Crippen molar-refractivity contribution in [3.05, 3.63) is 368 Å². The maximum absolute atomic E-state index is 2.27. The number of benzene rings is 15. The number of fused-ring (bicyclic) bond motifs is 7. The van der Waals surface area contributed by atoms with Gasteiger partial charge >= 0.3 is 0 Å². The van der Waals surface area contributed by atoms with Gasteiger partial charge in [-0.1, -0.05) is 311 Å². The highest BCUT2D eigenvalue weighted by Crippen LogP contribution is 2.32. The lowest BCUT2D eigenvalue weighted by molar-refractivity contribution is 1.34. The van der Waals surface area contributed by atoms with Crippen molar-refractivity contribution < 1.29 is 0 Å². The van der Waals surface area contributed by atoms with Crippen LogP contribution in [0.4, 0.5) is 0 Å². The molecule has 0 saturated carbocycles. The minimum Gasteiger partial charge on any atom is -0.0620 e. The van der Waals surface area contributed by atoms with Gasteiger partial charge in [0.25, 0.3) is 0 Å². The lowest BCUT2D eigenvalue weighted by atomic mass is 9.93. The highest BCUT2D eigenvalue weighted by molar-refractivity contribution is 6.05. The largest absolute Gasteiger partial charge is 0.0620 e. The van der Waals surface area contributed by atoms with E-state index in [1.165, 1.54) is 164 Å². The molecule has 0 aliphatic carbocycles. The van der Waals surface area contributed by atoms with Crippen molar-refractivity contribution in [2.75, 3.05) is 0 Å². The Labute approximate surface area is 550 Å². The Morgan fingerprint density at radius 2 is 0.348 bits per heavy atom. The molecule has 0 heteroatoms. The van der Waals surface area contributed by atoms with E-state index in [2.05, 4.69) is 390 Å². The molecule has 0 radical (unpaired) electrons. The van der Waals surface area contributed by atoms with Crippen LogP contribution in [0.3, 0.4) is 0 Å². The smallest absolute Gasteiger partial charge is 0.0146 e. The summed E-state index contributed by atoms with van der Waals surface area (Å²) in [6.07, 6.45) is 0. The average molecular weight is 1200 g/mol. The Morgan fingerprint density at radius 3 is 0.641 bits per heavy atom. The van der Waals surface area contributed by atoms with E-state index in [0.717, 1.165) is 0 Å². The average Bonchev–Trinajstić information content (AvgIpc) is 0.804. The molecule has 462 valence electrons. The Morgan fingerprint density at radius 1 is 0.130 bits per heavy atom. The molecule has 15 aromatic rings. The molecule has 0 N–H and O–H groups in total. The van der Waals surface area contributed by atoms with E-state index in [1.54, 1.807) is 0 Å². The normalized spacial score (nSPS) is 10.4. The van der Waals surface area contributed by atoms with Crippen LogP contribution in [0.25, 0.3) is 75.4 Å². The second kappa shape index (κ2) is 32.7. The predicted molar refractivity (Wildman–Crippen MR) is 410 cm³/mol.